The monoisotopic (exact) mass is 361 g/mol. The maximum Gasteiger partial charge on any atom is 0.233 e. The Balaban J connectivity index is 1.58. The van der Waals surface area contributed by atoms with Crippen molar-refractivity contribution < 1.29 is 14.4 Å². The van der Waals surface area contributed by atoms with E-state index in [9.17, 15) is 14.4 Å². The number of rotatable bonds is 4. The molecule has 2 fully saturated rings. The number of hydrogen-bond donors (Lipinski definition) is 1. The van der Waals surface area contributed by atoms with Crippen LogP contribution in [0.5, 0.6) is 0 Å². The third-order valence-corrected chi connectivity index (χ3v) is 6.01. The summed E-state index contributed by atoms with van der Waals surface area (Å²) < 4.78 is 0. The van der Waals surface area contributed by atoms with E-state index in [1.807, 2.05) is 36.2 Å². The number of anilines is 1. The zero-order chi connectivity index (χ0) is 18.0. The van der Waals surface area contributed by atoms with Gasteiger partial charge in [-0.15, -0.1) is 11.8 Å². The molecule has 0 aliphatic carbocycles. The number of para-hydroxylation sites is 1. The summed E-state index contributed by atoms with van der Waals surface area (Å²) >= 11 is 1.43. The largest absolute Gasteiger partial charge is 0.341 e. The fraction of sp³-hybridized carbons (Fsp3) is 0.500. The molecule has 2 aliphatic rings. The number of nitrogens with zero attached hydrogens (tertiary/aromatic N) is 2. The minimum atomic E-state index is -0.129. The van der Waals surface area contributed by atoms with Crippen molar-refractivity contribution in [3.05, 3.63) is 24.3 Å². The van der Waals surface area contributed by atoms with Crippen molar-refractivity contribution in [3.63, 3.8) is 0 Å². The predicted octanol–water partition coefficient (Wildman–Crippen LogP) is 1.82. The summed E-state index contributed by atoms with van der Waals surface area (Å²) in [4.78, 5) is 40.3. The van der Waals surface area contributed by atoms with Crippen molar-refractivity contribution >= 4 is 35.2 Å². The molecule has 1 N–H and O–H groups in total. The number of amides is 3. The molecule has 2 atom stereocenters. The van der Waals surface area contributed by atoms with Crippen LogP contribution in [0.1, 0.15) is 19.8 Å². The van der Waals surface area contributed by atoms with E-state index in [2.05, 4.69) is 5.32 Å². The fourth-order valence-electron chi connectivity index (χ4n) is 3.55. The van der Waals surface area contributed by atoms with Gasteiger partial charge in [0.15, 0.2) is 0 Å². The number of benzene rings is 1. The van der Waals surface area contributed by atoms with Crippen LogP contribution in [0, 0.1) is 5.92 Å². The Morgan fingerprint density at radius 2 is 2.08 bits per heavy atom. The number of carbonyl (C=O) groups is 3. The first kappa shape index (κ1) is 17.8. The number of thioether (sulfide) groups is 1. The molecule has 0 radical (unpaired) electrons. The van der Waals surface area contributed by atoms with Gasteiger partial charge in [0.2, 0.25) is 17.7 Å². The number of likely N-dealkylation sites (tertiary alicyclic amines) is 2. The number of nitrogens with one attached hydrogen (secondary N) is 1. The molecule has 1 aromatic rings. The number of piperidine rings is 1. The van der Waals surface area contributed by atoms with E-state index in [-0.39, 0.29) is 23.8 Å². The summed E-state index contributed by atoms with van der Waals surface area (Å²) in [5, 5.41) is 2.79. The minimum Gasteiger partial charge on any atom is -0.341 e. The topological polar surface area (TPSA) is 69.7 Å². The van der Waals surface area contributed by atoms with Crippen LogP contribution in [0.2, 0.25) is 0 Å². The molecule has 25 heavy (non-hydrogen) atoms. The van der Waals surface area contributed by atoms with E-state index in [0.717, 1.165) is 23.5 Å². The maximum atomic E-state index is 12.6. The smallest absolute Gasteiger partial charge is 0.233 e. The van der Waals surface area contributed by atoms with Gasteiger partial charge < -0.3 is 15.1 Å². The second-order valence-electron chi connectivity index (χ2n) is 6.63. The average molecular weight is 361 g/mol. The second-order valence-corrected chi connectivity index (χ2v) is 7.65. The van der Waals surface area contributed by atoms with E-state index in [1.54, 1.807) is 4.90 Å². The molecule has 0 saturated carbocycles. The van der Waals surface area contributed by atoms with Gasteiger partial charge in [-0.1, -0.05) is 12.1 Å². The van der Waals surface area contributed by atoms with Crippen LogP contribution in [-0.4, -0.2) is 59.5 Å². The van der Waals surface area contributed by atoms with E-state index >= 15 is 0 Å². The van der Waals surface area contributed by atoms with E-state index in [1.165, 1.54) is 18.7 Å². The van der Waals surface area contributed by atoms with E-state index < -0.39 is 0 Å². The maximum absolute atomic E-state index is 12.6. The SMILES string of the molecule is CC(=O)Nc1ccccc1SCC(=O)N1CC[C@@H]2CC(=O)N(C)[C@@H]2C1. The molecular weight excluding hydrogens is 338 g/mol. The lowest BCUT2D eigenvalue weighted by atomic mass is 9.92. The number of carbonyl (C=O) groups excluding carboxylic acids is 3. The lowest BCUT2D eigenvalue weighted by Crippen LogP contribution is -2.50. The molecule has 3 rings (SSSR count). The Kier molecular flexibility index (Phi) is 5.32. The molecule has 2 aliphatic heterocycles. The normalized spacial score (nSPS) is 22.7. The molecule has 7 heteroatoms. The van der Waals surface area contributed by atoms with Crippen LogP contribution in [0.3, 0.4) is 0 Å². The lowest BCUT2D eigenvalue weighted by Gasteiger charge is -2.37. The van der Waals surface area contributed by atoms with Crippen molar-refractivity contribution in [2.45, 2.75) is 30.7 Å². The van der Waals surface area contributed by atoms with Crippen molar-refractivity contribution in [2.24, 2.45) is 5.92 Å². The molecule has 134 valence electrons. The zero-order valence-electron chi connectivity index (χ0n) is 14.5. The van der Waals surface area contributed by atoms with Gasteiger partial charge in [0.25, 0.3) is 0 Å². The van der Waals surface area contributed by atoms with Crippen LogP contribution < -0.4 is 5.32 Å². The fourth-order valence-corrected chi connectivity index (χ4v) is 4.46. The third-order valence-electron chi connectivity index (χ3n) is 4.95. The van der Waals surface area contributed by atoms with Crippen molar-refractivity contribution in [1.29, 1.82) is 0 Å². The minimum absolute atomic E-state index is 0.0776. The molecule has 0 unspecified atom stereocenters. The molecule has 6 nitrogen and oxygen atoms in total. The molecule has 0 aromatic heterocycles. The molecule has 0 bridgehead atoms. The number of likely N-dealkylation sites (N-methyl/N-ethyl adjacent to an activating group) is 1. The first-order valence-corrected chi connectivity index (χ1v) is 9.47. The molecule has 0 spiro atoms. The molecule has 2 heterocycles. The second kappa shape index (κ2) is 7.47. The lowest BCUT2D eigenvalue weighted by molar-refractivity contribution is -0.132. The first-order chi connectivity index (χ1) is 12.0. The Hall–Kier alpha value is -2.02. The molecule has 2 saturated heterocycles. The molecule has 1 aromatic carbocycles. The summed E-state index contributed by atoms with van der Waals surface area (Å²) in [5.41, 5.74) is 0.729. The van der Waals surface area contributed by atoms with Crippen LogP contribution in [-0.2, 0) is 14.4 Å². The number of hydrogen-bond acceptors (Lipinski definition) is 4. The highest BCUT2D eigenvalue weighted by atomic mass is 32.2. The van der Waals surface area contributed by atoms with Crippen LogP contribution >= 0.6 is 11.8 Å². The van der Waals surface area contributed by atoms with Crippen LogP contribution in [0.25, 0.3) is 0 Å². The summed E-state index contributed by atoms with van der Waals surface area (Å²) in [6.45, 7) is 2.81. The Labute approximate surface area is 151 Å². The summed E-state index contributed by atoms with van der Waals surface area (Å²) in [5.74, 6) is 0.841. The van der Waals surface area contributed by atoms with Crippen LogP contribution in [0.15, 0.2) is 29.2 Å². The molecule has 3 amide bonds. The van der Waals surface area contributed by atoms with Gasteiger partial charge in [0.05, 0.1) is 17.5 Å². The Bertz CT molecular complexity index is 694. The quantitative estimate of drug-likeness (QED) is 0.831. The van der Waals surface area contributed by atoms with Crippen molar-refractivity contribution in [3.8, 4) is 0 Å². The van der Waals surface area contributed by atoms with Gasteiger partial charge in [-0.05, 0) is 24.5 Å². The third kappa shape index (κ3) is 3.98. The summed E-state index contributed by atoms with van der Waals surface area (Å²) in [6.07, 6.45) is 1.50. The zero-order valence-corrected chi connectivity index (χ0v) is 15.3. The average Bonchev–Trinajstić information content (AvgIpc) is 2.87. The van der Waals surface area contributed by atoms with Gasteiger partial charge in [-0.2, -0.15) is 0 Å². The van der Waals surface area contributed by atoms with Crippen molar-refractivity contribution in [2.75, 3.05) is 31.2 Å². The van der Waals surface area contributed by atoms with Crippen molar-refractivity contribution in [1.82, 2.24) is 9.80 Å². The molecular formula is C18H23N3O3S. The first-order valence-electron chi connectivity index (χ1n) is 8.48. The van der Waals surface area contributed by atoms with Crippen LogP contribution in [0.4, 0.5) is 5.69 Å². The predicted molar refractivity (Wildman–Crippen MR) is 97.3 cm³/mol. The highest BCUT2D eigenvalue weighted by Gasteiger charge is 2.41. The number of fused-ring (bicyclic) bond motifs is 1. The standard InChI is InChI=1S/C18H23N3O3S/c1-12(22)19-14-5-3-4-6-16(14)25-11-18(24)21-8-7-13-9-17(23)20(2)15(13)10-21/h3-6,13,15H,7-11H2,1-2H3,(H,19,22)/t13-,15-/m1/s1. The highest BCUT2D eigenvalue weighted by Crippen LogP contribution is 2.32. The van der Waals surface area contributed by atoms with Gasteiger partial charge in [0, 0.05) is 38.4 Å². The Morgan fingerprint density at radius 3 is 2.84 bits per heavy atom. The summed E-state index contributed by atoms with van der Waals surface area (Å²) in [7, 11) is 1.83. The summed E-state index contributed by atoms with van der Waals surface area (Å²) in [6, 6.07) is 7.64. The van der Waals surface area contributed by atoms with Gasteiger partial charge in [-0.25, -0.2) is 0 Å². The van der Waals surface area contributed by atoms with Gasteiger partial charge in [-0.3, -0.25) is 14.4 Å². The Morgan fingerprint density at radius 1 is 1.32 bits per heavy atom. The van der Waals surface area contributed by atoms with Gasteiger partial charge >= 0.3 is 0 Å². The highest BCUT2D eigenvalue weighted by molar-refractivity contribution is 8.00. The van der Waals surface area contributed by atoms with Gasteiger partial charge in [0.1, 0.15) is 0 Å². The van der Waals surface area contributed by atoms with E-state index in [4.69, 9.17) is 0 Å². The van der Waals surface area contributed by atoms with E-state index in [0.29, 0.717) is 24.6 Å².